The first kappa shape index (κ1) is 22.1. The minimum absolute atomic E-state index is 0.0492. The van der Waals surface area contributed by atoms with Gasteiger partial charge in [0.05, 0.1) is 26.6 Å². The van der Waals surface area contributed by atoms with Gasteiger partial charge in [-0.2, -0.15) is 0 Å². The van der Waals surface area contributed by atoms with E-state index in [9.17, 15) is 9.59 Å². The second-order valence-corrected chi connectivity index (χ2v) is 8.48. The van der Waals surface area contributed by atoms with Gasteiger partial charge in [0.15, 0.2) is 18.4 Å². The summed E-state index contributed by atoms with van der Waals surface area (Å²) in [6, 6.07) is 1.71. The second kappa shape index (κ2) is 8.67. The Hall–Kier alpha value is -1.55. The number of ether oxygens (including phenoxy) is 3. The number of fused-ring (bicyclic) bond motifs is 1. The molecule has 29 heavy (non-hydrogen) atoms. The number of nitrogens with one attached hydrogen (secondary N) is 1. The molecule has 0 radical (unpaired) electrons. The van der Waals surface area contributed by atoms with Crippen LogP contribution in [0.15, 0.2) is 10.5 Å². The highest BCUT2D eigenvalue weighted by Gasteiger charge is 2.45. The normalized spacial score (nSPS) is 21.6. The van der Waals surface area contributed by atoms with Crippen LogP contribution < -0.4 is 5.32 Å². The molecular weight excluding hydrogens is 489 g/mol. The number of hydrogen-bond acceptors (Lipinski definition) is 7. The molecule has 0 amide bonds. The van der Waals surface area contributed by atoms with Crippen molar-refractivity contribution < 1.29 is 23.8 Å². The van der Waals surface area contributed by atoms with Gasteiger partial charge >= 0.3 is 11.9 Å². The number of benzene rings is 1. The van der Waals surface area contributed by atoms with Crippen molar-refractivity contribution >= 4 is 68.1 Å². The molecule has 1 aliphatic rings. The van der Waals surface area contributed by atoms with Crippen LogP contribution in [0.1, 0.15) is 33.9 Å². The SMILES string of the molecule is CC(=O)O[C@H]1[C@H](n2c(NC(C)C)nc3c(Br)c(Cl)c(Cl)cc32)OC[C@H]1OC(C)=O. The number of nitrogens with zero attached hydrogens (tertiary/aromatic N) is 2. The molecule has 8 nitrogen and oxygen atoms in total. The number of halogens is 3. The number of anilines is 1. The lowest BCUT2D eigenvalue weighted by atomic mass is 10.2. The van der Waals surface area contributed by atoms with E-state index in [4.69, 9.17) is 37.4 Å². The van der Waals surface area contributed by atoms with Crippen molar-refractivity contribution in [1.29, 1.82) is 0 Å². The largest absolute Gasteiger partial charge is 0.456 e. The Morgan fingerprint density at radius 1 is 1.31 bits per heavy atom. The van der Waals surface area contributed by atoms with Crippen molar-refractivity contribution in [2.24, 2.45) is 0 Å². The van der Waals surface area contributed by atoms with Crippen LogP contribution in [-0.4, -0.2) is 46.3 Å². The zero-order valence-corrected chi connectivity index (χ0v) is 19.3. The number of esters is 2. The van der Waals surface area contributed by atoms with Crippen molar-refractivity contribution in [2.75, 3.05) is 11.9 Å². The van der Waals surface area contributed by atoms with Gasteiger partial charge in [-0.1, -0.05) is 23.2 Å². The van der Waals surface area contributed by atoms with Crippen LogP contribution in [0.4, 0.5) is 5.95 Å². The molecule has 0 aliphatic carbocycles. The zero-order chi connectivity index (χ0) is 21.5. The minimum Gasteiger partial charge on any atom is -0.456 e. The summed E-state index contributed by atoms with van der Waals surface area (Å²) in [7, 11) is 0. The Bertz CT molecular complexity index is 965. The maximum absolute atomic E-state index is 11.7. The third-order valence-corrected chi connectivity index (χ3v) is 5.98. The van der Waals surface area contributed by atoms with E-state index in [0.29, 0.717) is 31.5 Å². The number of hydrogen-bond donors (Lipinski definition) is 1. The summed E-state index contributed by atoms with van der Waals surface area (Å²) in [6.07, 6.45) is -2.41. The van der Waals surface area contributed by atoms with E-state index in [1.54, 1.807) is 10.6 Å². The smallest absolute Gasteiger partial charge is 0.303 e. The molecule has 1 aromatic heterocycles. The van der Waals surface area contributed by atoms with E-state index in [2.05, 4.69) is 26.2 Å². The van der Waals surface area contributed by atoms with Crippen LogP contribution in [0.25, 0.3) is 11.0 Å². The summed E-state index contributed by atoms with van der Waals surface area (Å²) in [6.45, 7) is 6.55. The molecule has 3 atom stereocenters. The minimum atomic E-state index is -0.866. The van der Waals surface area contributed by atoms with Crippen LogP contribution >= 0.6 is 39.1 Å². The fourth-order valence-corrected chi connectivity index (χ4v) is 4.14. The summed E-state index contributed by atoms with van der Waals surface area (Å²) in [5.74, 6) is -0.544. The lowest BCUT2D eigenvalue weighted by Crippen LogP contribution is -2.36. The van der Waals surface area contributed by atoms with Gasteiger partial charge in [-0.05, 0) is 35.8 Å². The summed E-state index contributed by atoms with van der Waals surface area (Å²) in [4.78, 5) is 27.8. The first-order chi connectivity index (χ1) is 13.6. The van der Waals surface area contributed by atoms with Gasteiger partial charge < -0.3 is 19.5 Å². The predicted octanol–water partition coefficient (Wildman–Crippen LogP) is 4.32. The molecule has 1 saturated heterocycles. The fraction of sp³-hybridized carbons (Fsp3) is 0.500. The maximum Gasteiger partial charge on any atom is 0.303 e. The third kappa shape index (κ3) is 4.47. The van der Waals surface area contributed by atoms with Crippen molar-refractivity contribution in [3.05, 3.63) is 20.6 Å². The van der Waals surface area contributed by atoms with Crippen LogP contribution in [0.2, 0.25) is 10.0 Å². The number of rotatable bonds is 5. The van der Waals surface area contributed by atoms with Crippen molar-refractivity contribution in [3.63, 3.8) is 0 Å². The van der Waals surface area contributed by atoms with Gasteiger partial charge in [0, 0.05) is 19.9 Å². The van der Waals surface area contributed by atoms with Gasteiger partial charge in [0.25, 0.3) is 0 Å². The van der Waals surface area contributed by atoms with E-state index in [0.717, 1.165) is 0 Å². The Labute approximate surface area is 185 Å². The van der Waals surface area contributed by atoms with E-state index in [1.165, 1.54) is 13.8 Å². The van der Waals surface area contributed by atoms with Crippen LogP contribution in [0.3, 0.4) is 0 Å². The molecule has 158 valence electrons. The number of imidazole rings is 1. The van der Waals surface area contributed by atoms with Crippen LogP contribution in [0.5, 0.6) is 0 Å². The molecule has 1 aromatic carbocycles. The van der Waals surface area contributed by atoms with Gasteiger partial charge in [0.1, 0.15) is 5.52 Å². The van der Waals surface area contributed by atoms with Gasteiger partial charge in [-0.3, -0.25) is 14.2 Å². The lowest BCUT2D eigenvalue weighted by molar-refractivity contribution is -0.164. The first-order valence-electron chi connectivity index (χ1n) is 8.88. The summed E-state index contributed by atoms with van der Waals surface area (Å²) >= 11 is 16.0. The number of carbonyl (C=O) groups excluding carboxylic acids is 2. The highest BCUT2D eigenvalue weighted by Crippen LogP contribution is 2.41. The monoisotopic (exact) mass is 507 g/mol. The molecule has 3 rings (SSSR count). The van der Waals surface area contributed by atoms with E-state index < -0.39 is 30.4 Å². The molecule has 1 aliphatic heterocycles. The van der Waals surface area contributed by atoms with Crippen LogP contribution in [-0.2, 0) is 23.8 Å². The quantitative estimate of drug-likeness (QED) is 0.475. The Balaban J connectivity index is 2.17. The second-order valence-electron chi connectivity index (χ2n) is 6.90. The van der Waals surface area contributed by atoms with Crippen molar-refractivity contribution in [3.8, 4) is 0 Å². The third-order valence-electron chi connectivity index (χ3n) is 4.19. The number of carbonyl (C=O) groups is 2. The topological polar surface area (TPSA) is 91.7 Å². The molecule has 0 spiro atoms. The molecular formula is C18H20BrCl2N3O5. The van der Waals surface area contributed by atoms with Crippen molar-refractivity contribution in [1.82, 2.24) is 9.55 Å². The fourth-order valence-electron chi connectivity index (χ4n) is 3.18. The highest BCUT2D eigenvalue weighted by molar-refractivity contribution is 9.10. The molecule has 0 unspecified atom stereocenters. The zero-order valence-electron chi connectivity index (χ0n) is 16.2. The summed E-state index contributed by atoms with van der Waals surface area (Å²) in [5.41, 5.74) is 1.17. The average Bonchev–Trinajstić information content (AvgIpc) is 3.13. The Morgan fingerprint density at radius 2 is 1.97 bits per heavy atom. The molecule has 2 aromatic rings. The first-order valence-corrected chi connectivity index (χ1v) is 10.4. The maximum atomic E-state index is 11.7. The number of aromatic nitrogens is 2. The summed E-state index contributed by atoms with van der Waals surface area (Å²) in [5, 5.41) is 3.91. The van der Waals surface area contributed by atoms with Gasteiger partial charge in [0.2, 0.25) is 5.95 Å². The molecule has 2 heterocycles. The predicted molar refractivity (Wildman–Crippen MR) is 112 cm³/mol. The summed E-state index contributed by atoms with van der Waals surface area (Å²) < 4.78 is 18.9. The molecule has 11 heteroatoms. The molecule has 0 saturated carbocycles. The Kier molecular flexibility index (Phi) is 6.62. The lowest BCUT2D eigenvalue weighted by Gasteiger charge is -2.25. The van der Waals surface area contributed by atoms with Gasteiger partial charge in [-0.25, -0.2) is 4.98 Å². The van der Waals surface area contributed by atoms with E-state index in [1.807, 2.05) is 13.8 Å². The van der Waals surface area contributed by atoms with Gasteiger partial charge in [-0.15, -0.1) is 0 Å². The van der Waals surface area contributed by atoms with E-state index in [-0.39, 0.29) is 12.6 Å². The Morgan fingerprint density at radius 3 is 2.55 bits per heavy atom. The van der Waals surface area contributed by atoms with Crippen molar-refractivity contribution in [2.45, 2.75) is 52.2 Å². The van der Waals surface area contributed by atoms with Crippen LogP contribution in [0, 0.1) is 0 Å². The molecule has 1 fully saturated rings. The molecule has 0 bridgehead atoms. The van der Waals surface area contributed by atoms with E-state index >= 15 is 0 Å². The average molecular weight is 509 g/mol. The molecule has 1 N–H and O–H groups in total. The highest BCUT2D eigenvalue weighted by atomic mass is 79.9. The standard InChI is InChI=1S/C18H20BrCl2N3O5/c1-7(2)22-18-23-15-11(5-10(20)14(21)13(15)19)24(18)17-16(29-9(4)26)12(6-27-17)28-8(3)25/h5,7,12,16-17H,6H2,1-4H3,(H,22,23)/t12-,16-,17-/m1/s1.